The van der Waals surface area contributed by atoms with Crippen LogP contribution in [0.4, 0.5) is 24.5 Å². The number of amides is 2. The van der Waals surface area contributed by atoms with Crippen LogP contribution in [0.5, 0.6) is 11.5 Å². The molecular weight excluding hydrogens is 635 g/mol. The lowest BCUT2D eigenvalue weighted by Gasteiger charge is -2.24. The number of carbonyl (C=O) groups is 2. The highest BCUT2D eigenvalue weighted by molar-refractivity contribution is 6.09. The first kappa shape index (κ1) is 35.2. The van der Waals surface area contributed by atoms with Crippen LogP contribution in [-0.2, 0) is 20.7 Å². The largest absolute Gasteiger partial charge is 0.506 e. The molecule has 1 aliphatic rings. The molecule has 2 amide bonds. The Morgan fingerprint density at radius 3 is 2.41 bits per heavy atom. The number of aryl methyl sites for hydroxylation is 1. The third-order valence-electron chi connectivity index (χ3n) is 8.14. The molecule has 0 saturated heterocycles. The van der Waals surface area contributed by atoms with Crippen molar-refractivity contribution >= 4 is 29.3 Å². The van der Waals surface area contributed by atoms with Crippen molar-refractivity contribution < 1.29 is 37.3 Å². The molecule has 0 spiro atoms. The van der Waals surface area contributed by atoms with E-state index in [4.69, 9.17) is 9.47 Å². The van der Waals surface area contributed by atoms with Crippen molar-refractivity contribution in [1.29, 1.82) is 0 Å². The molecule has 0 fully saturated rings. The van der Waals surface area contributed by atoms with Gasteiger partial charge in [-0.1, -0.05) is 43.7 Å². The van der Waals surface area contributed by atoms with Gasteiger partial charge in [0.25, 0.3) is 5.91 Å². The van der Waals surface area contributed by atoms with Crippen LogP contribution in [0, 0.1) is 6.92 Å². The summed E-state index contributed by atoms with van der Waals surface area (Å²) < 4.78 is 52.2. The summed E-state index contributed by atoms with van der Waals surface area (Å²) in [7, 11) is 0. The van der Waals surface area contributed by atoms with Gasteiger partial charge in [0.1, 0.15) is 18.1 Å². The van der Waals surface area contributed by atoms with Gasteiger partial charge in [-0.25, -0.2) is 0 Å². The van der Waals surface area contributed by atoms with E-state index in [1.165, 1.54) is 12.1 Å². The molecule has 49 heavy (non-hydrogen) atoms. The fourth-order valence-electron chi connectivity index (χ4n) is 5.41. The maximum absolute atomic E-state index is 13.6. The SMILES string of the molecule is CCCCOCCOc1ccc(-c2ccc3c(c2)C=C(C(=O)Nc2ccc(Cc4nccc(C)c4O)cc2)CCN3C(=O)C(F)(F)F)cc1. The second kappa shape index (κ2) is 15.8. The van der Waals surface area contributed by atoms with Crippen LogP contribution >= 0.6 is 0 Å². The van der Waals surface area contributed by atoms with E-state index >= 15 is 0 Å². The number of hydrogen-bond acceptors (Lipinski definition) is 6. The van der Waals surface area contributed by atoms with Gasteiger partial charge in [0.05, 0.1) is 18.0 Å². The van der Waals surface area contributed by atoms with E-state index < -0.39 is 18.0 Å². The zero-order valence-electron chi connectivity index (χ0n) is 27.3. The van der Waals surface area contributed by atoms with Crippen molar-refractivity contribution in [3.63, 3.8) is 0 Å². The number of rotatable bonds is 12. The normalized spacial score (nSPS) is 12.9. The maximum atomic E-state index is 13.6. The molecule has 4 aromatic rings. The van der Waals surface area contributed by atoms with Crippen LogP contribution in [0.1, 0.15) is 48.6 Å². The molecule has 0 unspecified atom stereocenters. The minimum absolute atomic E-state index is 0.0641. The molecule has 256 valence electrons. The molecule has 8 nitrogen and oxygen atoms in total. The smallest absolute Gasteiger partial charge is 0.471 e. The Hall–Kier alpha value is -5.16. The van der Waals surface area contributed by atoms with E-state index in [9.17, 15) is 27.9 Å². The molecule has 1 aliphatic heterocycles. The van der Waals surface area contributed by atoms with E-state index in [0.717, 1.165) is 29.5 Å². The molecule has 5 rings (SSSR count). The van der Waals surface area contributed by atoms with E-state index in [2.05, 4.69) is 17.2 Å². The van der Waals surface area contributed by atoms with Crippen molar-refractivity contribution in [2.75, 3.05) is 36.6 Å². The lowest BCUT2D eigenvalue weighted by molar-refractivity contribution is -0.170. The number of unbranched alkanes of at least 4 members (excludes halogenated alkanes) is 1. The van der Waals surface area contributed by atoms with Crippen LogP contribution in [0.3, 0.4) is 0 Å². The van der Waals surface area contributed by atoms with Crippen molar-refractivity contribution in [3.05, 3.63) is 107 Å². The van der Waals surface area contributed by atoms with Gasteiger partial charge in [-0.3, -0.25) is 14.6 Å². The molecular formula is C38H38F3N3O5. The summed E-state index contributed by atoms with van der Waals surface area (Å²) in [6.07, 6.45) is 0.417. The number of ether oxygens (including phenoxy) is 2. The number of nitrogens with one attached hydrogen (secondary N) is 1. The van der Waals surface area contributed by atoms with Crippen LogP contribution in [0.25, 0.3) is 17.2 Å². The van der Waals surface area contributed by atoms with Crippen molar-refractivity contribution in [2.24, 2.45) is 0 Å². The van der Waals surface area contributed by atoms with Gasteiger partial charge >= 0.3 is 12.1 Å². The number of nitrogens with zero attached hydrogens (tertiary/aromatic N) is 2. The number of carbonyl (C=O) groups excluding carboxylic acids is 2. The zero-order chi connectivity index (χ0) is 35.0. The quantitative estimate of drug-likeness (QED) is 0.149. The molecule has 0 saturated carbocycles. The first-order valence-electron chi connectivity index (χ1n) is 16.1. The molecule has 0 radical (unpaired) electrons. The van der Waals surface area contributed by atoms with Gasteiger partial charge in [-0.05, 0) is 96.1 Å². The minimum Gasteiger partial charge on any atom is -0.506 e. The average molecular weight is 674 g/mol. The van der Waals surface area contributed by atoms with Crippen molar-refractivity contribution in [1.82, 2.24) is 4.98 Å². The summed E-state index contributed by atoms with van der Waals surface area (Å²) in [5, 5.41) is 13.1. The Kier molecular flexibility index (Phi) is 11.4. The molecule has 0 atom stereocenters. The first-order chi connectivity index (χ1) is 23.5. The third kappa shape index (κ3) is 9.05. The minimum atomic E-state index is -5.09. The predicted molar refractivity (Wildman–Crippen MR) is 183 cm³/mol. The highest BCUT2D eigenvalue weighted by Crippen LogP contribution is 2.35. The van der Waals surface area contributed by atoms with Crippen LogP contribution in [0.15, 0.2) is 84.6 Å². The number of pyridine rings is 1. The molecule has 1 aromatic heterocycles. The Balaban J connectivity index is 1.34. The predicted octanol–water partition coefficient (Wildman–Crippen LogP) is 7.87. The second-order valence-corrected chi connectivity index (χ2v) is 11.7. The Morgan fingerprint density at radius 1 is 0.959 bits per heavy atom. The molecule has 2 heterocycles. The van der Waals surface area contributed by atoms with Gasteiger partial charge in [-0.2, -0.15) is 13.2 Å². The van der Waals surface area contributed by atoms with Crippen molar-refractivity contribution in [3.8, 4) is 22.6 Å². The van der Waals surface area contributed by atoms with E-state index in [1.54, 1.807) is 67.7 Å². The number of halogens is 3. The summed E-state index contributed by atoms with van der Waals surface area (Å²) in [5.74, 6) is -1.71. The number of aromatic nitrogens is 1. The van der Waals surface area contributed by atoms with Crippen molar-refractivity contribution in [2.45, 2.75) is 45.7 Å². The zero-order valence-corrected chi connectivity index (χ0v) is 27.3. The third-order valence-corrected chi connectivity index (χ3v) is 8.14. The van der Waals surface area contributed by atoms with Gasteiger partial charge < -0.3 is 24.8 Å². The van der Waals surface area contributed by atoms with Crippen LogP contribution in [0.2, 0.25) is 0 Å². The summed E-state index contributed by atoms with van der Waals surface area (Å²) in [6, 6.07) is 20.8. The van der Waals surface area contributed by atoms with Gasteiger partial charge in [-0.15, -0.1) is 0 Å². The summed E-state index contributed by atoms with van der Waals surface area (Å²) >= 11 is 0. The van der Waals surface area contributed by atoms with Gasteiger partial charge in [0.15, 0.2) is 0 Å². The highest BCUT2D eigenvalue weighted by Gasteiger charge is 2.44. The number of anilines is 2. The van der Waals surface area contributed by atoms with Gasteiger partial charge in [0.2, 0.25) is 0 Å². The Bertz CT molecular complexity index is 1810. The van der Waals surface area contributed by atoms with E-state index in [0.29, 0.717) is 59.4 Å². The lowest BCUT2D eigenvalue weighted by Crippen LogP contribution is -2.42. The highest BCUT2D eigenvalue weighted by atomic mass is 19.4. The van der Waals surface area contributed by atoms with Crippen LogP contribution in [-0.4, -0.2) is 54.4 Å². The Morgan fingerprint density at radius 2 is 1.69 bits per heavy atom. The first-order valence-corrected chi connectivity index (χ1v) is 16.1. The molecule has 0 bridgehead atoms. The fourth-order valence-corrected chi connectivity index (χ4v) is 5.41. The molecule has 0 aliphatic carbocycles. The average Bonchev–Trinajstić information content (AvgIpc) is 3.28. The van der Waals surface area contributed by atoms with Crippen LogP contribution < -0.4 is 15.0 Å². The number of hydrogen-bond donors (Lipinski definition) is 2. The number of benzene rings is 3. The van der Waals surface area contributed by atoms with E-state index in [-0.39, 0.29) is 30.0 Å². The standard InChI is InChI=1S/C38H38F3N3O5/c1-3-4-19-48-20-21-49-32-12-7-27(8-13-32)28-9-14-34-30(23-28)24-29(16-18-44(34)37(47)38(39,40)41)36(46)43-31-10-5-26(6-11-31)22-33-35(45)25(2)15-17-42-33/h5-15,17,23-24,45H,3-4,16,18-22H2,1-2H3,(H,43,46). The molecule has 3 aromatic carbocycles. The maximum Gasteiger partial charge on any atom is 0.471 e. The molecule has 11 heteroatoms. The Labute approximate surface area is 283 Å². The number of aromatic hydroxyl groups is 1. The summed E-state index contributed by atoms with van der Waals surface area (Å²) in [4.78, 5) is 30.9. The monoisotopic (exact) mass is 673 g/mol. The van der Waals surface area contributed by atoms with Gasteiger partial charge in [0, 0.05) is 37.0 Å². The fraction of sp³-hybridized carbons (Fsp3) is 0.289. The lowest BCUT2D eigenvalue weighted by atomic mass is 10.00. The topological polar surface area (TPSA) is 101 Å². The second-order valence-electron chi connectivity index (χ2n) is 11.7. The summed E-state index contributed by atoms with van der Waals surface area (Å²) in [5.41, 5.74) is 4.65. The summed E-state index contributed by atoms with van der Waals surface area (Å²) in [6.45, 7) is 5.12. The number of fused-ring (bicyclic) bond motifs is 1. The number of alkyl halides is 3. The molecule has 2 N–H and O–H groups in total. The van der Waals surface area contributed by atoms with E-state index in [1.807, 2.05) is 12.1 Å².